The number of hydrogen-bond donors (Lipinski definition) is 2. The Morgan fingerprint density at radius 2 is 1.76 bits per heavy atom. The van der Waals surface area contributed by atoms with Gasteiger partial charge in [0.1, 0.15) is 5.75 Å². The Kier molecular flexibility index (Phi) is 9.00. The van der Waals surface area contributed by atoms with E-state index in [0.717, 1.165) is 43.2 Å². The Hall–Kier alpha value is -3.35. The van der Waals surface area contributed by atoms with Gasteiger partial charge in [-0.25, -0.2) is 0 Å². The van der Waals surface area contributed by atoms with Crippen molar-refractivity contribution >= 4 is 17.7 Å². The highest BCUT2D eigenvalue weighted by Gasteiger charge is 2.43. The fourth-order valence-corrected chi connectivity index (χ4v) is 7.14. The first-order valence-corrected chi connectivity index (χ1v) is 15.5. The first-order chi connectivity index (χ1) is 19.7. The SMILES string of the molecule is CC(C)[C@@H]1CC[C@@H](C)CC(=O)N2C[C@H]3C[C@@H](CN(C(=O)c4cccc(-c5ccc(O)cc5)c4)C3)[C@@H]2CCCC(=O)N1. The van der Waals surface area contributed by atoms with Crippen molar-refractivity contribution in [2.75, 3.05) is 19.6 Å². The van der Waals surface area contributed by atoms with Crippen molar-refractivity contribution in [3.63, 3.8) is 0 Å². The molecule has 3 saturated heterocycles. The number of aromatic hydroxyl groups is 1. The van der Waals surface area contributed by atoms with Crippen molar-refractivity contribution in [1.29, 1.82) is 0 Å². The quantitative estimate of drug-likeness (QED) is 0.521. The Balaban J connectivity index is 1.32. The van der Waals surface area contributed by atoms with Crippen molar-refractivity contribution in [3.05, 3.63) is 54.1 Å². The van der Waals surface area contributed by atoms with Gasteiger partial charge in [0.05, 0.1) is 0 Å². The number of amides is 3. The van der Waals surface area contributed by atoms with Gasteiger partial charge in [-0.15, -0.1) is 0 Å². The van der Waals surface area contributed by atoms with E-state index < -0.39 is 0 Å². The van der Waals surface area contributed by atoms with Gasteiger partial charge in [-0.3, -0.25) is 14.4 Å². The number of phenolic OH excluding ortho intramolecular Hbond substituents is 1. The van der Waals surface area contributed by atoms with Crippen molar-refractivity contribution in [1.82, 2.24) is 15.1 Å². The molecule has 7 nitrogen and oxygen atoms in total. The molecule has 5 atom stereocenters. The predicted octanol–water partition coefficient (Wildman–Crippen LogP) is 5.48. The van der Waals surface area contributed by atoms with Gasteiger partial charge in [0.2, 0.25) is 11.8 Å². The summed E-state index contributed by atoms with van der Waals surface area (Å²) < 4.78 is 0. The summed E-state index contributed by atoms with van der Waals surface area (Å²) in [6, 6.07) is 14.9. The maximum Gasteiger partial charge on any atom is 0.253 e. The largest absolute Gasteiger partial charge is 0.508 e. The second kappa shape index (κ2) is 12.7. The summed E-state index contributed by atoms with van der Waals surface area (Å²) in [6.07, 6.45) is 5.38. The number of nitrogens with one attached hydrogen (secondary N) is 1. The van der Waals surface area contributed by atoms with Gasteiger partial charge >= 0.3 is 0 Å². The molecule has 3 fully saturated rings. The molecule has 3 heterocycles. The van der Waals surface area contributed by atoms with Crippen LogP contribution in [0.2, 0.25) is 0 Å². The number of hydrogen-bond acceptors (Lipinski definition) is 4. The number of nitrogens with zero attached hydrogens (tertiary/aromatic N) is 2. The van der Waals surface area contributed by atoms with Crippen LogP contribution in [0.5, 0.6) is 5.75 Å². The smallest absolute Gasteiger partial charge is 0.253 e. The molecular formula is C34H45N3O4. The molecule has 7 heteroatoms. The number of rotatable bonds is 3. The van der Waals surface area contributed by atoms with E-state index >= 15 is 0 Å². The summed E-state index contributed by atoms with van der Waals surface area (Å²) in [6.45, 7) is 8.42. The highest BCUT2D eigenvalue weighted by Crippen LogP contribution is 2.37. The predicted molar refractivity (Wildman–Crippen MR) is 160 cm³/mol. The van der Waals surface area contributed by atoms with Gasteiger partial charge in [-0.2, -0.15) is 0 Å². The number of piperidine rings is 2. The van der Waals surface area contributed by atoms with E-state index in [-0.39, 0.29) is 53.3 Å². The minimum Gasteiger partial charge on any atom is -0.508 e. The van der Waals surface area contributed by atoms with E-state index in [9.17, 15) is 19.5 Å². The van der Waals surface area contributed by atoms with Gasteiger partial charge in [-0.1, -0.05) is 45.0 Å². The van der Waals surface area contributed by atoms with E-state index in [1.54, 1.807) is 12.1 Å². The van der Waals surface area contributed by atoms with Crippen LogP contribution < -0.4 is 5.32 Å². The second-order valence-corrected chi connectivity index (χ2v) is 13.0. The Bertz CT molecular complexity index is 1240. The minimum atomic E-state index is 0.0254. The molecule has 2 N–H and O–H groups in total. The van der Waals surface area contributed by atoms with Gasteiger partial charge in [-0.05, 0) is 91.2 Å². The summed E-state index contributed by atoms with van der Waals surface area (Å²) in [5, 5.41) is 12.9. The lowest BCUT2D eigenvalue weighted by molar-refractivity contribution is -0.141. The van der Waals surface area contributed by atoms with E-state index in [1.165, 1.54) is 0 Å². The zero-order valence-corrected chi connectivity index (χ0v) is 24.7. The molecule has 0 unspecified atom stereocenters. The Morgan fingerprint density at radius 3 is 2.51 bits per heavy atom. The van der Waals surface area contributed by atoms with Crippen molar-refractivity contribution in [3.8, 4) is 16.9 Å². The average molecular weight is 560 g/mol. The minimum absolute atomic E-state index is 0.0254. The number of fused-ring (bicyclic) bond motifs is 4. The molecule has 2 aromatic rings. The molecule has 0 spiro atoms. The van der Waals surface area contributed by atoms with Crippen LogP contribution in [0, 0.1) is 23.7 Å². The third-order valence-corrected chi connectivity index (χ3v) is 9.44. The van der Waals surface area contributed by atoms with Crippen molar-refractivity contribution in [2.24, 2.45) is 23.7 Å². The maximum absolute atomic E-state index is 13.8. The molecule has 0 aromatic heterocycles. The molecule has 0 radical (unpaired) electrons. The zero-order valence-electron chi connectivity index (χ0n) is 24.7. The number of carbonyl (C=O) groups is 3. The number of phenols is 1. The van der Waals surface area contributed by atoms with Crippen LogP contribution in [-0.4, -0.2) is 64.3 Å². The summed E-state index contributed by atoms with van der Waals surface area (Å²) in [5.41, 5.74) is 2.54. The van der Waals surface area contributed by atoms with Crippen LogP contribution in [0.1, 0.15) is 76.1 Å². The fraction of sp³-hybridized carbons (Fsp3) is 0.559. The molecule has 3 aliphatic rings. The molecule has 0 saturated carbocycles. The van der Waals surface area contributed by atoms with E-state index in [2.05, 4.69) is 31.0 Å². The fourth-order valence-electron chi connectivity index (χ4n) is 7.14. The lowest BCUT2D eigenvalue weighted by atomic mass is 9.77. The molecule has 220 valence electrons. The van der Waals surface area contributed by atoms with Crippen LogP contribution >= 0.6 is 0 Å². The van der Waals surface area contributed by atoms with E-state index in [0.29, 0.717) is 44.0 Å². The summed E-state index contributed by atoms with van der Waals surface area (Å²) >= 11 is 0. The van der Waals surface area contributed by atoms with Crippen LogP contribution in [0.3, 0.4) is 0 Å². The van der Waals surface area contributed by atoms with Crippen LogP contribution in [0.15, 0.2) is 48.5 Å². The number of carbonyl (C=O) groups excluding carboxylic acids is 3. The van der Waals surface area contributed by atoms with Gasteiger partial charge < -0.3 is 20.2 Å². The monoisotopic (exact) mass is 559 g/mol. The molecule has 3 aliphatic heterocycles. The van der Waals surface area contributed by atoms with Gasteiger partial charge in [0, 0.05) is 50.1 Å². The number of likely N-dealkylation sites (tertiary alicyclic amines) is 1. The highest BCUT2D eigenvalue weighted by atomic mass is 16.3. The number of benzene rings is 2. The van der Waals surface area contributed by atoms with Crippen molar-refractivity contribution < 1.29 is 19.5 Å². The highest BCUT2D eigenvalue weighted by molar-refractivity contribution is 5.95. The molecular weight excluding hydrogens is 514 g/mol. The lowest BCUT2D eigenvalue weighted by Crippen LogP contribution is -2.60. The molecule has 41 heavy (non-hydrogen) atoms. The summed E-state index contributed by atoms with van der Waals surface area (Å²) in [4.78, 5) is 44.3. The van der Waals surface area contributed by atoms with Crippen LogP contribution in [0.4, 0.5) is 0 Å². The first kappa shape index (κ1) is 29.2. The maximum atomic E-state index is 13.8. The molecule has 3 amide bonds. The van der Waals surface area contributed by atoms with Crippen LogP contribution in [0.25, 0.3) is 11.1 Å². The van der Waals surface area contributed by atoms with E-state index in [1.807, 2.05) is 41.3 Å². The first-order valence-electron chi connectivity index (χ1n) is 15.5. The Morgan fingerprint density at radius 1 is 0.976 bits per heavy atom. The van der Waals surface area contributed by atoms with Gasteiger partial charge in [0.15, 0.2) is 0 Å². The summed E-state index contributed by atoms with van der Waals surface area (Å²) in [7, 11) is 0. The van der Waals surface area contributed by atoms with Crippen LogP contribution in [-0.2, 0) is 9.59 Å². The normalized spacial score (nSPS) is 27.8. The summed E-state index contributed by atoms with van der Waals surface area (Å²) in [5.74, 6) is 1.68. The third kappa shape index (κ3) is 6.94. The second-order valence-electron chi connectivity index (χ2n) is 13.0. The molecule has 0 aliphatic carbocycles. The Labute approximate surface area is 244 Å². The van der Waals surface area contributed by atoms with Gasteiger partial charge in [0.25, 0.3) is 5.91 Å². The standard InChI is InChI=1S/C34H45N3O4/c1-22(2)30-15-10-23(3)16-33(40)37-20-24-17-28(31(37)8-5-9-32(39)35-30)21-36(19-24)34(41)27-7-4-6-26(18-27)25-11-13-29(38)14-12-25/h4,6-7,11-14,18,22-24,28,30-31,38H,5,8-10,15-17,19-21H2,1-3H3,(H,35,39)/t23-,24+,28+,30+,31+/m1/s1. The molecule has 2 aromatic carbocycles. The zero-order chi connectivity index (χ0) is 29.1. The average Bonchev–Trinajstić information content (AvgIpc) is 2.96. The molecule has 2 bridgehead atoms. The topological polar surface area (TPSA) is 90.0 Å². The lowest BCUT2D eigenvalue weighted by Gasteiger charge is -2.51. The van der Waals surface area contributed by atoms with E-state index in [4.69, 9.17) is 0 Å². The molecule has 5 rings (SSSR count). The van der Waals surface area contributed by atoms with Crippen molar-refractivity contribution in [2.45, 2.75) is 77.8 Å². The third-order valence-electron chi connectivity index (χ3n) is 9.44.